The van der Waals surface area contributed by atoms with Crippen LogP contribution in [0.1, 0.15) is 161 Å². The first-order valence-corrected chi connectivity index (χ1v) is 14.8. The molecular formula is C31H58N+. The average molecular weight is 445 g/mol. The molecule has 1 aromatic rings. The summed E-state index contributed by atoms with van der Waals surface area (Å²) in [6.45, 7) is 5.79. The maximum Gasteiger partial charge on any atom is 0.169 e. The molecule has 32 heavy (non-hydrogen) atoms. The Morgan fingerprint density at radius 2 is 0.781 bits per heavy atom. The molecule has 0 aromatic carbocycles. The molecule has 0 fully saturated rings. The fourth-order valence-corrected chi connectivity index (χ4v) is 4.76. The summed E-state index contributed by atoms with van der Waals surface area (Å²) in [5.41, 5.74) is 1.52. The minimum Gasteiger partial charge on any atom is -0.205 e. The minimum atomic E-state index is 1.19. The van der Waals surface area contributed by atoms with Gasteiger partial charge in [-0.15, -0.1) is 0 Å². The number of unbranched alkanes of at least 4 members (excludes halogenated alkanes) is 20. The van der Waals surface area contributed by atoms with Crippen LogP contribution < -0.4 is 4.57 Å². The first-order chi connectivity index (χ1) is 15.9. The van der Waals surface area contributed by atoms with Crippen LogP contribution in [0.15, 0.2) is 24.5 Å². The number of rotatable bonds is 24. The zero-order valence-electron chi connectivity index (χ0n) is 22.2. The summed E-state index contributed by atoms with van der Waals surface area (Å²) in [6.07, 6.45) is 37.3. The highest BCUT2D eigenvalue weighted by Gasteiger charge is 2.02. The molecule has 1 aromatic heterocycles. The molecule has 0 radical (unpaired) electrons. The second-order valence-electron chi connectivity index (χ2n) is 10.3. The highest BCUT2D eigenvalue weighted by atomic mass is 14.9. The maximum absolute atomic E-state index is 2.39. The Balaban J connectivity index is 1.89. The van der Waals surface area contributed by atoms with E-state index in [1.54, 1.807) is 0 Å². The molecule has 0 saturated heterocycles. The van der Waals surface area contributed by atoms with E-state index in [2.05, 4.69) is 42.9 Å². The van der Waals surface area contributed by atoms with Crippen molar-refractivity contribution in [1.29, 1.82) is 0 Å². The van der Waals surface area contributed by atoms with E-state index in [0.717, 1.165) is 0 Å². The van der Waals surface area contributed by atoms with Gasteiger partial charge in [0.05, 0.1) is 0 Å². The first-order valence-electron chi connectivity index (χ1n) is 14.8. The molecule has 1 heteroatoms. The maximum atomic E-state index is 2.39. The van der Waals surface area contributed by atoms with Gasteiger partial charge < -0.3 is 0 Å². The van der Waals surface area contributed by atoms with Gasteiger partial charge in [-0.2, -0.15) is 0 Å². The SMILES string of the molecule is CCCCCCCCCCCCCc1cc[n+](CCCCCCCCCCCCC)cc1. The van der Waals surface area contributed by atoms with Crippen LogP contribution in [-0.4, -0.2) is 0 Å². The van der Waals surface area contributed by atoms with E-state index in [1.807, 2.05) is 0 Å². The van der Waals surface area contributed by atoms with Gasteiger partial charge in [-0.25, -0.2) is 4.57 Å². The predicted octanol–water partition coefficient (Wildman–Crippen LogP) is 10.1. The van der Waals surface area contributed by atoms with Crippen LogP contribution in [0.4, 0.5) is 0 Å². The van der Waals surface area contributed by atoms with Gasteiger partial charge >= 0.3 is 0 Å². The highest BCUT2D eigenvalue weighted by molar-refractivity contribution is 5.07. The number of hydrogen-bond donors (Lipinski definition) is 0. The van der Waals surface area contributed by atoms with Crippen molar-refractivity contribution >= 4 is 0 Å². The third-order valence-corrected chi connectivity index (χ3v) is 7.05. The quantitative estimate of drug-likeness (QED) is 0.110. The van der Waals surface area contributed by atoms with E-state index < -0.39 is 0 Å². The van der Waals surface area contributed by atoms with E-state index in [1.165, 1.54) is 160 Å². The lowest BCUT2D eigenvalue weighted by molar-refractivity contribution is -0.697. The summed E-state index contributed by atoms with van der Waals surface area (Å²) in [4.78, 5) is 0. The van der Waals surface area contributed by atoms with Crippen molar-refractivity contribution in [2.75, 3.05) is 0 Å². The normalized spacial score (nSPS) is 11.3. The summed E-state index contributed by atoms with van der Waals surface area (Å²) in [7, 11) is 0. The Morgan fingerprint density at radius 1 is 0.438 bits per heavy atom. The zero-order chi connectivity index (χ0) is 23.0. The van der Waals surface area contributed by atoms with Crippen LogP contribution in [0.2, 0.25) is 0 Å². The van der Waals surface area contributed by atoms with E-state index >= 15 is 0 Å². The molecule has 0 bridgehead atoms. The van der Waals surface area contributed by atoms with Crippen LogP contribution >= 0.6 is 0 Å². The number of nitrogens with zero attached hydrogens (tertiary/aromatic N) is 1. The van der Waals surface area contributed by atoms with Gasteiger partial charge in [0.1, 0.15) is 6.54 Å². The summed E-state index contributed by atoms with van der Waals surface area (Å²) in [5, 5.41) is 0. The van der Waals surface area contributed by atoms with Gasteiger partial charge in [-0.3, -0.25) is 0 Å². The number of hydrogen-bond acceptors (Lipinski definition) is 0. The Labute approximate surface area is 202 Å². The van der Waals surface area contributed by atoms with Crippen LogP contribution in [-0.2, 0) is 13.0 Å². The zero-order valence-corrected chi connectivity index (χ0v) is 22.2. The molecule has 0 aliphatic carbocycles. The lowest BCUT2D eigenvalue weighted by Crippen LogP contribution is -2.32. The molecule has 1 rings (SSSR count). The van der Waals surface area contributed by atoms with E-state index in [9.17, 15) is 0 Å². The summed E-state index contributed by atoms with van der Waals surface area (Å²) in [5.74, 6) is 0. The van der Waals surface area contributed by atoms with Crippen molar-refractivity contribution in [1.82, 2.24) is 0 Å². The molecule has 1 nitrogen and oxygen atoms in total. The van der Waals surface area contributed by atoms with Crippen molar-refractivity contribution in [3.63, 3.8) is 0 Å². The van der Waals surface area contributed by atoms with Gasteiger partial charge in [0.2, 0.25) is 0 Å². The van der Waals surface area contributed by atoms with Crippen molar-refractivity contribution in [2.24, 2.45) is 0 Å². The van der Waals surface area contributed by atoms with E-state index in [0.29, 0.717) is 0 Å². The van der Waals surface area contributed by atoms with Gasteiger partial charge in [-0.1, -0.05) is 136 Å². The summed E-state index contributed by atoms with van der Waals surface area (Å²) < 4.78 is 2.39. The van der Waals surface area contributed by atoms with Crippen LogP contribution in [0.5, 0.6) is 0 Å². The molecule has 0 N–H and O–H groups in total. The van der Waals surface area contributed by atoms with Gasteiger partial charge in [0, 0.05) is 18.6 Å². The third-order valence-electron chi connectivity index (χ3n) is 7.05. The van der Waals surface area contributed by atoms with Crippen molar-refractivity contribution in [2.45, 2.75) is 168 Å². The Hall–Kier alpha value is -0.850. The lowest BCUT2D eigenvalue weighted by Gasteiger charge is -2.04. The molecule has 0 atom stereocenters. The Bertz CT molecular complexity index is 433. The Kier molecular flexibility index (Phi) is 21.3. The fraction of sp³-hybridized carbons (Fsp3) is 0.839. The van der Waals surface area contributed by atoms with Crippen LogP contribution in [0.25, 0.3) is 0 Å². The number of aromatic nitrogens is 1. The molecule has 0 spiro atoms. The largest absolute Gasteiger partial charge is 0.205 e. The summed E-state index contributed by atoms with van der Waals surface area (Å²) in [6, 6.07) is 4.71. The minimum absolute atomic E-state index is 1.19. The highest BCUT2D eigenvalue weighted by Crippen LogP contribution is 2.13. The lowest BCUT2D eigenvalue weighted by atomic mass is 10.0. The smallest absolute Gasteiger partial charge is 0.169 e. The molecule has 0 unspecified atom stereocenters. The number of pyridine rings is 1. The molecule has 1 heterocycles. The number of aryl methyl sites for hydroxylation is 2. The van der Waals surface area contributed by atoms with Crippen molar-refractivity contribution in [3.8, 4) is 0 Å². The Morgan fingerprint density at radius 3 is 1.19 bits per heavy atom. The average Bonchev–Trinajstić information content (AvgIpc) is 2.82. The second-order valence-corrected chi connectivity index (χ2v) is 10.3. The van der Waals surface area contributed by atoms with Crippen LogP contribution in [0.3, 0.4) is 0 Å². The first kappa shape index (κ1) is 29.2. The van der Waals surface area contributed by atoms with E-state index in [-0.39, 0.29) is 0 Å². The molecule has 0 amide bonds. The van der Waals surface area contributed by atoms with E-state index in [4.69, 9.17) is 0 Å². The van der Waals surface area contributed by atoms with Gasteiger partial charge in [0.15, 0.2) is 12.4 Å². The molecular weight excluding hydrogens is 386 g/mol. The van der Waals surface area contributed by atoms with Gasteiger partial charge in [0.25, 0.3) is 0 Å². The van der Waals surface area contributed by atoms with Gasteiger partial charge in [-0.05, 0) is 24.8 Å². The topological polar surface area (TPSA) is 3.88 Å². The van der Waals surface area contributed by atoms with Crippen molar-refractivity contribution < 1.29 is 4.57 Å². The molecule has 0 aliphatic heterocycles. The second kappa shape index (κ2) is 23.3. The molecule has 0 saturated carbocycles. The third kappa shape index (κ3) is 18.7. The van der Waals surface area contributed by atoms with Crippen molar-refractivity contribution in [3.05, 3.63) is 30.1 Å². The molecule has 0 aliphatic rings. The summed E-state index contributed by atoms with van der Waals surface area (Å²) >= 11 is 0. The molecule has 186 valence electrons. The fourth-order valence-electron chi connectivity index (χ4n) is 4.76. The monoisotopic (exact) mass is 444 g/mol. The predicted molar refractivity (Wildman–Crippen MR) is 143 cm³/mol. The van der Waals surface area contributed by atoms with Crippen LogP contribution in [0, 0.1) is 0 Å². The standard InChI is InChI=1S/C31H58N/c1-3-5-7-9-11-13-15-17-19-21-23-25-31-26-29-32(30-27-31)28-24-22-20-18-16-14-12-10-8-6-4-2/h26-27,29-30H,3-25,28H2,1-2H3/q+1.